The lowest BCUT2D eigenvalue weighted by molar-refractivity contribution is 0.0697. The first-order valence-corrected chi connectivity index (χ1v) is 5.31. The average molecular weight is 249 g/mol. The van der Waals surface area contributed by atoms with Crippen LogP contribution in [0.4, 0.5) is 4.39 Å². The molecule has 4 nitrogen and oxygen atoms in total. The lowest BCUT2D eigenvalue weighted by atomic mass is 10.2. The third-order valence-corrected chi connectivity index (χ3v) is 2.61. The molecule has 0 atom stereocenters. The summed E-state index contributed by atoms with van der Waals surface area (Å²) in [5.74, 6) is -0.918. The van der Waals surface area contributed by atoms with Gasteiger partial charge < -0.3 is 14.4 Å². The predicted octanol–water partition coefficient (Wildman–Crippen LogP) is 2.38. The minimum atomic E-state index is -0.996. The van der Waals surface area contributed by atoms with Crippen molar-refractivity contribution >= 4 is 5.97 Å². The fourth-order valence-electron chi connectivity index (χ4n) is 1.65. The highest BCUT2D eigenvalue weighted by molar-refractivity contribution is 5.87. The van der Waals surface area contributed by atoms with Crippen LogP contribution in [0.2, 0.25) is 0 Å². The molecule has 0 aliphatic heterocycles. The van der Waals surface area contributed by atoms with E-state index in [1.54, 1.807) is 22.9 Å². The Morgan fingerprint density at radius 1 is 1.44 bits per heavy atom. The number of carboxylic acids is 1. The van der Waals surface area contributed by atoms with Crippen LogP contribution in [0.3, 0.4) is 0 Å². The number of hydrogen-bond acceptors (Lipinski definition) is 2. The number of nitrogens with zero attached hydrogens (tertiary/aromatic N) is 1. The summed E-state index contributed by atoms with van der Waals surface area (Å²) in [7, 11) is 1.47. The number of aromatic carboxylic acids is 1. The van der Waals surface area contributed by atoms with Crippen molar-refractivity contribution in [2.75, 3.05) is 7.11 Å². The quantitative estimate of drug-likeness (QED) is 0.905. The third kappa shape index (κ3) is 2.51. The Balaban J connectivity index is 2.20. The lowest BCUT2D eigenvalue weighted by Gasteiger charge is -2.06. The number of halogens is 1. The maximum atomic E-state index is 13.7. The van der Waals surface area contributed by atoms with Crippen molar-refractivity contribution in [1.82, 2.24) is 4.57 Å². The van der Waals surface area contributed by atoms with Gasteiger partial charge in [0, 0.05) is 30.6 Å². The molecular weight excluding hydrogens is 237 g/mol. The second-order valence-electron chi connectivity index (χ2n) is 3.84. The highest BCUT2D eigenvalue weighted by atomic mass is 19.1. The SMILES string of the molecule is COc1ccc(Cn2ccc(C(=O)O)c2)c(F)c1. The molecule has 0 amide bonds. The second-order valence-corrected chi connectivity index (χ2v) is 3.84. The van der Waals surface area contributed by atoms with Crippen molar-refractivity contribution in [2.45, 2.75) is 6.54 Å². The Morgan fingerprint density at radius 3 is 2.78 bits per heavy atom. The topological polar surface area (TPSA) is 51.5 Å². The number of hydrogen-bond donors (Lipinski definition) is 1. The van der Waals surface area contributed by atoms with Gasteiger partial charge in [0.15, 0.2) is 0 Å². The van der Waals surface area contributed by atoms with Gasteiger partial charge in [-0.3, -0.25) is 0 Å². The maximum absolute atomic E-state index is 13.7. The van der Waals surface area contributed by atoms with Crippen LogP contribution < -0.4 is 4.74 Å². The van der Waals surface area contributed by atoms with Crippen molar-refractivity contribution in [3.05, 3.63) is 53.6 Å². The van der Waals surface area contributed by atoms with Crippen LogP contribution in [0.5, 0.6) is 5.75 Å². The average Bonchev–Trinajstić information content (AvgIpc) is 2.80. The zero-order valence-corrected chi connectivity index (χ0v) is 9.76. The number of carbonyl (C=O) groups is 1. The number of ether oxygens (including phenoxy) is 1. The standard InChI is InChI=1S/C13H12FNO3/c1-18-11-3-2-9(12(14)6-11)7-15-5-4-10(8-15)13(16)17/h2-6,8H,7H2,1H3,(H,16,17). The molecule has 18 heavy (non-hydrogen) atoms. The van der Waals surface area contributed by atoms with Gasteiger partial charge >= 0.3 is 5.97 Å². The Bertz CT molecular complexity index is 577. The lowest BCUT2D eigenvalue weighted by Crippen LogP contribution is -2.00. The van der Waals surface area contributed by atoms with E-state index in [1.807, 2.05) is 0 Å². The maximum Gasteiger partial charge on any atom is 0.337 e. The first-order valence-electron chi connectivity index (χ1n) is 5.31. The minimum Gasteiger partial charge on any atom is -0.497 e. The molecule has 0 saturated carbocycles. The molecule has 2 aromatic rings. The highest BCUT2D eigenvalue weighted by Gasteiger charge is 2.07. The normalized spacial score (nSPS) is 10.3. The summed E-state index contributed by atoms with van der Waals surface area (Å²) in [6, 6.07) is 6.06. The Hall–Kier alpha value is -2.30. The second kappa shape index (κ2) is 4.91. The number of aromatic nitrogens is 1. The molecule has 0 radical (unpaired) electrons. The molecule has 0 spiro atoms. The van der Waals surface area contributed by atoms with Gasteiger partial charge in [0.2, 0.25) is 0 Å². The van der Waals surface area contributed by atoms with E-state index in [0.717, 1.165) is 0 Å². The van der Waals surface area contributed by atoms with Gasteiger partial charge in [-0.15, -0.1) is 0 Å². The van der Waals surface area contributed by atoms with Crippen molar-refractivity contribution in [3.63, 3.8) is 0 Å². The number of benzene rings is 1. The molecule has 1 heterocycles. The molecule has 0 aliphatic rings. The van der Waals surface area contributed by atoms with Gasteiger partial charge in [0.25, 0.3) is 0 Å². The molecular formula is C13H12FNO3. The molecule has 1 aromatic heterocycles. The molecule has 0 aliphatic carbocycles. The summed E-state index contributed by atoms with van der Waals surface area (Å²) in [4.78, 5) is 10.7. The van der Waals surface area contributed by atoms with Crippen LogP contribution in [0, 0.1) is 5.82 Å². The number of methoxy groups -OCH3 is 1. The molecule has 1 aromatic carbocycles. The van der Waals surface area contributed by atoms with Crippen LogP contribution >= 0.6 is 0 Å². The van der Waals surface area contributed by atoms with Crippen LogP contribution in [-0.4, -0.2) is 22.8 Å². The van der Waals surface area contributed by atoms with E-state index in [-0.39, 0.29) is 17.9 Å². The van der Waals surface area contributed by atoms with Crippen molar-refractivity contribution < 1.29 is 19.0 Å². The minimum absolute atomic E-state index is 0.184. The van der Waals surface area contributed by atoms with Gasteiger partial charge in [0.1, 0.15) is 11.6 Å². The monoisotopic (exact) mass is 249 g/mol. The van der Waals surface area contributed by atoms with Crippen LogP contribution in [0.1, 0.15) is 15.9 Å². The fourth-order valence-corrected chi connectivity index (χ4v) is 1.65. The highest BCUT2D eigenvalue weighted by Crippen LogP contribution is 2.17. The molecule has 5 heteroatoms. The summed E-state index contributed by atoms with van der Waals surface area (Å²) in [5, 5.41) is 8.78. The van der Waals surface area contributed by atoms with E-state index in [0.29, 0.717) is 11.3 Å². The number of carboxylic acid groups (broad SMARTS) is 1. The molecule has 0 saturated heterocycles. The summed E-state index contributed by atoms with van der Waals surface area (Å²) < 4.78 is 20.2. The number of rotatable bonds is 4. The van der Waals surface area contributed by atoms with Gasteiger partial charge in [-0.25, -0.2) is 9.18 Å². The molecule has 0 bridgehead atoms. The summed E-state index contributed by atoms with van der Waals surface area (Å²) >= 11 is 0. The summed E-state index contributed by atoms with van der Waals surface area (Å²) in [6.07, 6.45) is 3.07. The largest absolute Gasteiger partial charge is 0.497 e. The first kappa shape index (κ1) is 12.2. The van der Waals surface area contributed by atoms with E-state index in [4.69, 9.17) is 9.84 Å². The van der Waals surface area contributed by atoms with E-state index in [9.17, 15) is 9.18 Å². The van der Waals surface area contributed by atoms with Crippen molar-refractivity contribution in [3.8, 4) is 5.75 Å². The zero-order valence-electron chi connectivity index (χ0n) is 9.76. The smallest absolute Gasteiger partial charge is 0.337 e. The first-order chi connectivity index (χ1) is 8.60. The van der Waals surface area contributed by atoms with Crippen LogP contribution in [0.15, 0.2) is 36.7 Å². The molecule has 0 unspecified atom stereocenters. The third-order valence-electron chi connectivity index (χ3n) is 2.61. The Morgan fingerprint density at radius 2 is 2.22 bits per heavy atom. The predicted molar refractivity (Wildman–Crippen MR) is 63.4 cm³/mol. The van der Waals surface area contributed by atoms with Gasteiger partial charge in [0.05, 0.1) is 12.7 Å². The summed E-state index contributed by atoms with van der Waals surface area (Å²) in [6.45, 7) is 0.281. The van der Waals surface area contributed by atoms with Gasteiger partial charge in [-0.1, -0.05) is 6.07 Å². The van der Waals surface area contributed by atoms with Gasteiger partial charge in [-0.05, 0) is 12.1 Å². The van der Waals surface area contributed by atoms with Gasteiger partial charge in [-0.2, -0.15) is 0 Å². The molecule has 0 fully saturated rings. The van der Waals surface area contributed by atoms with Crippen molar-refractivity contribution in [1.29, 1.82) is 0 Å². The Labute approximate surface area is 103 Å². The fraction of sp³-hybridized carbons (Fsp3) is 0.154. The molecule has 2 rings (SSSR count). The van der Waals surface area contributed by atoms with Crippen LogP contribution in [-0.2, 0) is 6.54 Å². The molecule has 1 N–H and O–H groups in total. The Kier molecular flexibility index (Phi) is 3.32. The van der Waals surface area contributed by atoms with E-state index >= 15 is 0 Å². The van der Waals surface area contributed by atoms with Crippen LogP contribution in [0.25, 0.3) is 0 Å². The van der Waals surface area contributed by atoms with Crippen molar-refractivity contribution in [2.24, 2.45) is 0 Å². The van der Waals surface area contributed by atoms with E-state index in [1.165, 1.54) is 25.4 Å². The van der Waals surface area contributed by atoms with E-state index in [2.05, 4.69) is 0 Å². The molecule has 94 valence electrons. The van der Waals surface area contributed by atoms with E-state index < -0.39 is 5.97 Å². The zero-order chi connectivity index (χ0) is 13.1. The summed E-state index contributed by atoms with van der Waals surface area (Å²) in [5.41, 5.74) is 0.659.